The van der Waals surface area contributed by atoms with Crippen molar-refractivity contribution in [2.75, 3.05) is 109 Å². The summed E-state index contributed by atoms with van der Waals surface area (Å²) in [6, 6.07) is 13.9. The molecule has 2 aliphatic heterocycles. The highest BCUT2D eigenvalue weighted by molar-refractivity contribution is 7.87. The molecule has 6 amide bonds. The van der Waals surface area contributed by atoms with E-state index in [2.05, 4.69) is 31.6 Å². The van der Waals surface area contributed by atoms with Crippen LogP contribution in [0.3, 0.4) is 0 Å². The Balaban J connectivity index is 1.00. The standard InChI is InChI=1S/C65H78ClF2N13O19S2/c1-38-23-41(7-6-40(38)25-43-8-10-46-51(101(95,96)97)27-52(102(98,99)100)61(70)60(46)62(43)92)42-9-11-49(39(2)24-42)76-64(94)50(5-3-4-14-71-55(84)33-77-15-17-78(34-57(86)87)19-21-80(36-59(90)91)22-20-79(18-16-77)35-58(88)89)75-54(83)13-12-53(82)73-30-44-26-47(48(66)31-72-44)63(93)74-32-56(85)81-37-65(67,68)28-45(81)29-69/h6-11,23-24,26-27,31,45,50,92H,3-5,12-22,25,28,30,32-37,70H2,1-2H3,(H,71,84)(H,73,82)(H,74,93)(H,75,83)(H,76,94)(H,86,87)(H,88,89)(H,90,91)(H,95,96,97)(H,98,99,100)/t45-,50?/m0/s1. The van der Waals surface area contributed by atoms with Gasteiger partial charge in [-0.15, -0.1) is 0 Å². The summed E-state index contributed by atoms with van der Waals surface area (Å²) >= 11 is 6.22. The van der Waals surface area contributed by atoms with Crippen molar-refractivity contribution in [3.05, 3.63) is 105 Å². The third-order valence-corrected chi connectivity index (χ3v) is 19.1. The number of carbonyl (C=O) groups is 9. The van der Waals surface area contributed by atoms with Gasteiger partial charge in [-0.05, 0) is 90.8 Å². The quantitative estimate of drug-likeness (QED) is 0.0186. The predicted octanol–water partition coefficient (Wildman–Crippen LogP) is 2.32. The maximum Gasteiger partial charge on any atom is 0.317 e. The van der Waals surface area contributed by atoms with Crippen molar-refractivity contribution in [3.63, 3.8) is 0 Å². The van der Waals surface area contributed by atoms with E-state index in [1.807, 2.05) is 6.07 Å². The molecule has 3 heterocycles. The zero-order valence-corrected chi connectivity index (χ0v) is 57.8. The van der Waals surface area contributed by atoms with Gasteiger partial charge in [0.05, 0.1) is 73.8 Å². The van der Waals surface area contributed by atoms with Gasteiger partial charge in [0.15, 0.2) is 0 Å². The third kappa shape index (κ3) is 23.0. The van der Waals surface area contributed by atoms with Crippen LogP contribution in [-0.4, -0.2) is 245 Å². The fourth-order valence-corrected chi connectivity index (χ4v) is 13.3. The Morgan fingerprint density at radius 1 is 0.706 bits per heavy atom. The van der Waals surface area contributed by atoms with Gasteiger partial charge in [-0.2, -0.15) is 22.1 Å². The second kappa shape index (κ2) is 35.3. The number of benzene rings is 4. The molecule has 5 aromatic rings. The van der Waals surface area contributed by atoms with Crippen molar-refractivity contribution in [2.45, 2.75) is 93.1 Å². The lowest BCUT2D eigenvalue weighted by Crippen LogP contribution is -2.49. The number of pyridine rings is 1. The number of aliphatic carboxylic acids is 3. The lowest BCUT2D eigenvalue weighted by atomic mass is 9.93. The van der Waals surface area contributed by atoms with Crippen LogP contribution in [0.15, 0.2) is 76.7 Å². The fraction of sp³-hybridized carbons (Fsp3) is 0.431. The van der Waals surface area contributed by atoms with E-state index >= 15 is 0 Å². The molecule has 1 aromatic heterocycles. The minimum absolute atomic E-state index is 0.0217. The van der Waals surface area contributed by atoms with Crippen molar-refractivity contribution >= 4 is 107 Å². The van der Waals surface area contributed by atoms with Gasteiger partial charge >= 0.3 is 17.9 Å². The molecule has 2 atom stereocenters. The SMILES string of the molecule is Cc1cc(-c2ccc(NC(=O)C(CCCCNC(=O)CN3CCN(CC(=O)O)CCN(CC(=O)O)CCN(CC(=O)O)CC3)NC(=O)CCC(=O)NCc3cc(C(=O)NCC(=O)N4CC(F)(F)C[C@H]4C#N)c(Cl)cn3)c(C)c2)ccc1Cc1ccc2c(S(=O)(=O)O)cc(S(=O)(=O)O)c(N)c2c1O. The summed E-state index contributed by atoms with van der Waals surface area (Å²) in [7, 11) is -10.2. The number of nitrogens with two attached hydrogens (primary N) is 1. The molecule has 102 heavy (non-hydrogen) atoms. The number of likely N-dealkylation sites (tertiary alicyclic amines) is 1. The van der Waals surface area contributed by atoms with Crippen LogP contribution in [0.2, 0.25) is 5.02 Å². The first-order chi connectivity index (χ1) is 48.0. The number of hydrogen-bond donors (Lipinski definition) is 12. The number of anilines is 2. The molecule has 0 bridgehead atoms. The van der Waals surface area contributed by atoms with E-state index in [4.69, 9.17) is 17.3 Å². The number of nitrogens with zero attached hydrogens (tertiary/aromatic N) is 7. The number of alkyl halides is 2. The number of nitrogens with one attached hydrogen (secondary N) is 5. The van der Waals surface area contributed by atoms with E-state index in [1.54, 1.807) is 69.8 Å². The summed E-state index contributed by atoms with van der Waals surface area (Å²) in [5, 5.41) is 61.8. The highest BCUT2D eigenvalue weighted by Crippen LogP contribution is 2.42. The maximum atomic E-state index is 14.3. The number of aromatic hydroxyl groups is 1. The molecule has 2 saturated heterocycles. The van der Waals surface area contributed by atoms with Crippen LogP contribution >= 0.6 is 11.6 Å². The minimum Gasteiger partial charge on any atom is -0.507 e. The zero-order valence-electron chi connectivity index (χ0n) is 55.4. The number of halogens is 3. The van der Waals surface area contributed by atoms with Gasteiger partial charge in [0.1, 0.15) is 27.6 Å². The summed E-state index contributed by atoms with van der Waals surface area (Å²) < 4.78 is 96.5. The summed E-state index contributed by atoms with van der Waals surface area (Å²) in [6.45, 7) is 1.91. The number of fused-ring (bicyclic) bond motifs is 1. The molecular weight excluding hydrogens is 1400 g/mol. The van der Waals surface area contributed by atoms with Crippen LogP contribution in [0.25, 0.3) is 21.9 Å². The van der Waals surface area contributed by atoms with E-state index in [-0.39, 0.29) is 138 Å². The summed E-state index contributed by atoms with van der Waals surface area (Å²) in [6.07, 6.45) is 0.0450. The highest BCUT2D eigenvalue weighted by Gasteiger charge is 2.47. The van der Waals surface area contributed by atoms with Gasteiger partial charge in [0.2, 0.25) is 29.5 Å². The van der Waals surface area contributed by atoms with Crippen molar-refractivity contribution in [2.24, 2.45) is 0 Å². The molecule has 13 N–H and O–H groups in total. The molecule has 2 fully saturated rings. The topological polar surface area (TPSA) is 482 Å². The van der Waals surface area contributed by atoms with Crippen molar-refractivity contribution in [1.82, 2.24) is 50.8 Å². The van der Waals surface area contributed by atoms with Gasteiger partial charge in [0.25, 0.3) is 32.1 Å². The number of aromatic nitrogens is 1. The van der Waals surface area contributed by atoms with Gasteiger partial charge in [-0.25, -0.2) is 8.78 Å². The average Bonchev–Trinajstić information content (AvgIpc) is 0.890. The Morgan fingerprint density at radius 2 is 1.25 bits per heavy atom. The molecular formula is C65H78ClF2N13O19S2. The first kappa shape index (κ1) is 79.7. The lowest BCUT2D eigenvalue weighted by Gasteiger charge is -2.32. The molecule has 7 rings (SSSR count). The second-order valence-corrected chi connectivity index (χ2v) is 27.8. The van der Waals surface area contributed by atoms with Crippen LogP contribution in [-0.2, 0) is 71.6 Å². The Hall–Kier alpha value is -9.58. The van der Waals surface area contributed by atoms with Gasteiger partial charge in [0, 0.05) is 107 Å². The fourth-order valence-electron chi connectivity index (χ4n) is 11.6. The molecule has 4 aromatic carbocycles. The van der Waals surface area contributed by atoms with Gasteiger partial charge in [-0.3, -0.25) is 76.8 Å². The summed E-state index contributed by atoms with van der Waals surface area (Å²) in [5.74, 6) is -11.4. The number of carboxylic acid groups (broad SMARTS) is 3. The Labute approximate surface area is 589 Å². The van der Waals surface area contributed by atoms with E-state index in [0.717, 1.165) is 6.20 Å². The number of aryl methyl sites for hydroxylation is 2. The normalized spacial score (nSPS) is 16.2. The molecule has 0 radical (unpaired) electrons. The molecule has 0 saturated carbocycles. The number of hydrogen-bond acceptors (Lipinski definition) is 21. The van der Waals surface area contributed by atoms with E-state index in [1.165, 1.54) is 18.2 Å². The lowest BCUT2D eigenvalue weighted by molar-refractivity contribution is -0.140. The zero-order chi connectivity index (χ0) is 75.0. The van der Waals surface area contributed by atoms with Crippen molar-refractivity contribution in [3.8, 4) is 22.9 Å². The van der Waals surface area contributed by atoms with Gasteiger partial charge in [-0.1, -0.05) is 48.0 Å². The number of amides is 6. The van der Waals surface area contributed by atoms with Crippen LogP contribution in [0.1, 0.15) is 76.8 Å². The molecule has 32 nitrogen and oxygen atoms in total. The smallest absolute Gasteiger partial charge is 0.317 e. The number of rotatable bonds is 29. The number of carboxylic acids is 3. The van der Waals surface area contributed by atoms with Crippen LogP contribution < -0.4 is 32.3 Å². The number of phenols is 1. The number of carbonyl (C=O) groups excluding carboxylic acids is 6. The first-order valence-electron chi connectivity index (χ1n) is 31.9. The van der Waals surface area contributed by atoms with E-state index in [9.17, 15) is 104 Å². The van der Waals surface area contributed by atoms with Gasteiger partial charge < -0.3 is 57.6 Å². The largest absolute Gasteiger partial charge is 0.507 e. The third-order valence-electron chi connectivity index (χ3n) is 17.0. The summed E-state index contributed by atoms with van der Waals surface area (Å²) in [5.41, 5.74) is 9.28. The van der Waals surface area contributed by atoms with E-state index < -0.39 is 151 Å². The molecule has 0 aliphatic carbocycles. The number of unbranched alkanes of at least 4 members (excludes halogenated alkanes) is 1. The monoisotopic (exact) mass is 1480 g/mol. The predicted molar refractivity (Wildman–Crippen MR) is 363 cm³/mol. The first-order valence-corrected chi connectivity index (χ1v) is 35.1. The Kier molecular flexibility index (Phi) is 27.6. The van der Waals surface area contributed by atoms with E-state index in [0.29, 0.717) is 50.9 Å². The average molecular weight is 1480 g/mol. The maximum absolute atomic E-state index is 14.3. The van der Waals surface area contributed by atoms with Crippen LogP contribution in [0, 0.1) is 25.2 Å². The number of nitrogen functional groups attached to an aromatic ring is 1. The van der Waals surface area contributed by atoms with Crippen LogP contribution in [0.4, 0.5) is 20.2 Å². The Morgan fingerprint density at radius 3 is 1.80 bits per heavy atom. The minimum atomic E-state index is -5.13. The van der Waals surface area contributed by atoms with Crippen molar-refractivity contribution < 1.29 is 98.3 Å². The molecule has 1 unspecified atom stereocenters. The molecule has 2 aliphatic rings. The Bertz CT molecular complexity index is 4290. The number of phenolic OH excluding ortho intramolecular Hbond substituents is 1. The van der Waals surface area contributed by atoms with Crippen molar-refractivity contribution in [1.29, 1.82) is 5.26 Å². The van der Waals surface area contributed by atoms with Crippen LogP contribution in [0.5, 0.6) is 5.75 Å². The molecule has 550 valence electrons. The molecule has 37 heteroatoms. The number of nitriles is 1. The summed E-state index contributed by atoms with van der Waals surface area (Å²) in [4.78, 5) is 125. The highest BCUT2D eigenvalue weighted by atomic mass is 35.5. The molecule has 0 spiro atoms. The second-order valence-electron chi connectivity index (χ2n) is 24.7.